The number of anilines is 1. The first kappa shape index (κ1) is 10.6. The van der Waals surface area contributed by atoms with E-state index >= 15 is 0 Å². The summed E-state index contributed by atoms with van der Waals surface area (Å²) in [5.74, 6) is 1.86. The molecule has 90 valence electrons. The molecule has 17 heavy (non-hydrogen) atoms. The lowest BCUT2D eigenvalue weighted by Gasteiger charge is -2.34. The number of nitrogens with zero attached hydrogens (tertiary/aromatic N) is 2. The Balaban J connectivity index is 2.09. The number of aromatic nitrogens is 1. The van der Waals surface area contributed by atoms with Crippen LogP contribution >= 0.6 is 0 Å². The molecule has 4 nitrogen and oxygen atoms in total. The van der Waals surface area contributed by atoms with Crippen molar-refractivity contribution in [2.24, 2.45) is 0 Å². The van der Waals surface area contributed by atoms with Gasteiger partial charge in [-0.2, -0.15) is 0 Å². The molecule has 1 saturated heterocycles. The number of hydrogen-bond acceptors (Lipinski definition) is 4. The van der Waals surface area contributed by atoms with E-state index in [0.29, 0.717) is 6.04 Å². The third kappa shape index (κ3) is 1.78. The number of ether oxygens (including phenoxy) is 1. The highest BCUT2D eigenvalue weighted by molar-refractivity contribution is 5.87. The Labute approximate surface area is 100 Å². The minimum Gasteiger partial charge on any atom is -0.457 e. The predicted octanol–water partition coefficient (Wildman–Crippen LogP) is 2.36. The summed E-state index contributed by atoms with van der Waals surface area (Å²) in [7, 11) is 0. The smallest absolute Gasteiger partial charge is 0.176 e. The summed E-state index contributed by atoms with van der Waals surface area (Å²) in [4.78, 5) is 6.73. The second-order valence-electron chi connectivity index (χ2n) is 4.53. The van der Waals surface area contributed by atoms with Crippen LogP contribution in [0.4, 0.5) is 5.82 Å². The van der Waals surface area contributed by atoms with Crippen molar-refractivity contribution >= 4 is 16.8 Å². The van der Waals surface area contributed by atoms with Crippen LogP contribution in [0.1, 0.15) is 12.7 Å². The molecule has 2 aromatic rings. The Morgan fingerprint density at radius 2 is 2.35 bits per heavy atom. The summed E-state index contributed by atoms with van der Waals surface area (Å²) < 4.78 is 11.2. The van der Waals surface area contributed by atoms with Gasteiger partial charge in [0.25, 0.3) is 0 Å². The van der Waals surface area contributed by atoms with Gasteiger partial charge in [-0.15, -0.1) is 0 Å². The zero-order valence-electron chi connectivity index (χ0n) is 10.1. The number of rotatable bonds is 1. The minimum atomic E-state index is 0.340. The maximum absolute atomic E-state index is 5.76. The highest BCUT2D eigenvalue weighted by Gasteiger charge is 2.23. The van der Waals surface area contributed by atoms with E-state index in [1.807, 2.05) is 25.3 Å². The van der Waals surface area contributed by atoms with Gasteiger partial charge in [-0.25, -0.2) is 4.98 Å². The van der Waals surface area contributed by atoms with E-state index in [0.717, 1.165) is 42.3 Å². The molecule has 0 amide bonds. The number of fused-ring (bicyclic) bond motifs is 1. The molecule has 0 unspecified atom stereocenters. The van der Waals surface area contributed by atoms with E-state index in [2.05, 4.69) is 16.8 Å². The summed E-state index contributed by atoms with van der Waals surface area (Å²) in [5, 5.41) is 1.12. The van der Waals surface area contributed by atoms with Crippen molar-refractivity contribution in [2.45, 2.75) is 19.9 Å². The van der Waals surface area contributed by atoms with E-state index in [1.165, 1.54) is 0 Å². The molecular formula is C13H16N2O2. The van der Waals surface area contributed by atoms with Gasteiger partial charge in [0.1, 0.15) is 5.76 Å². The molecule has 0 aliphatic carbocycles. The van der Waals surface area contributed by atoms with Crippen LogP contribution in [0.3, 0.4) is 0 Å². The zero-order chi connectivity index (χ0) is 11.8. The third-order valence-electron chi connectivity index (χ3n) is 3.18. The van der Waals surface area contributed by atoms with Crippen molar-refractivity contribution in [2.75, 3.05) is 24.7 Å². The van der Waals surface area contributed by atoms with E-state index in [9.17, 15) is 0 Å². The highest BCUT2D eigenvalue weighted by atomic mass is 16.5. The van der Waals surface area contributed by atoms with Crippen molar-refractivity contribution in [3.8, 4) is 0 Å². The van der Waals surface area contributed by atoms with Gasteiger partial charge in [0.2, 0.25) is 0 Å². The van der Waals surface area contributed by atoms with Crippen LogP contribution in [-0.4, -0.2) is 30.8 Å². The average Bonchev–Trinajstić information content (AvgIpc) is 2.70. The monoisotopic (exact) mass is 232 g/mol. The summed E-state index contributed by atoms with van der Waals surface area (Å²) in [6.45, 7) is 6.48. The lowest BCUT2D eigenvalue weighted by atomic mass is 10.2. The summed E-state index contributed by atoms with van der Waals surface area (Å²) in [6, 6.07) is 4.37. The number of morpholine rings is 1. The molecule has 0 spiro atoms. The Morgan fingerprint density at radius 3 is 3.18 bits per heavy atom. The van der Waals surface area contributed by atoms with Crippen molar-refractivity contribution in [1.29, 1.82) is 0 Å². The van der Waals surface area contributed by atoms with Crippen molar-refractivity contribution in [3.05, 3.63) is 24.1 Å². The van der Waals surface area contributed by atoms with Crippen LogP contribution in [-0.2, 0) is 4.74 Å². The van der Waals surface area contributed by atoms with E-state index in [-0.39, 0.29) is 0 Å². The first-order chi connectivity index (χ1) is 8.25. The van der Waals surface area contributed by atoms with Gasteiger partial charge in [0.15, 0.2) is 11.4 Å². The fourth-order valence-electron chi connectivity index (χ4n) is 2.33. The van der Waals surface area contributed by atoms with Crippen molar-refractivity contribution < 1.29 is 9.15 Å². The van der Waals surface area contributed by atoms with Crippen LogP contribution in [0.2, 0.25) is 0 Å². The van der Waals surface area contributed by atoms with E-state index in [4.69, 9.17) is 9.15 Å². The van der Waals surface area contributed by atoms with E-state index < -0.39 is 0 Å². The summed E-state index contributed by atoms with van der Waals surface area (Å²) in [6.07, 6.45) is 1.84. The normalized spacial score (nSPS) is 21.1. The molecule has 3 heterocycles. The molecule has 0 bridgehead atoms. The summed E-state index contributed by atoms with van der Waals surface area (Å²) in [5.41, 5.74) is 0.888. The molecule has 1 atom stereocenters. The van der Waals surface area contributed by atoms with Crippen LogP contribution in [0, 0.1) is 6.92 Å². The summed E-state index contributed by atoms with van der Waals surface area (Å²) >= 11 is 0. The Morgan fingerprint density at radius 1 is 1.47 bits per heavy atom. The maximum Gasteiger partial charge on any atom is 0.176 e. The molecule has 1 aliphatic heterocycles. The Hall–Kier alpha value is -1.55. The number of aryl methyl sites for hydroxylation is 1. The number of furan rings is 1. The van der Waals surface area contributed by atoms with Crippen LogP contribution in [0.15, 0.2) is 22.7 Å². The minimum absolute atomic E-state index is 0.340. The zero-order valence-corrected chi connectivity index (χ0v) is 10.1. The molecule has 2 aromatic heterocycles. The molecule has 0 aromatic carbocycles. The fraction of sp³-hybridized carbons (Fsp3) is 0.462. The quantitative estimate of drug-likeness (QED) is 0.756. The van der Waals surface area contributed by atoms with Crippen LogP contribution in [0.5, 0.6) is 0 Å². The lowest BCUT2D eigenvalue weighted by molar-refractivity contribution is 0.0986. The Bertz CT molecular complexity index is 535. The second kappa shape index (κ2) is 4.04. The largest absolute Gasteiger partial charge is 0.457 e. The highest BCUT2D eigenvalue weighted by Crippen LogP contribution is 2.29. The van der Waals surface area contributed by atoms with Gasteiger partial charge >= 0.3 is 0 Å². The predicted molar refractivity (Wildman–Crippen MR) is 66.4 cm³/mol. The Kier molecular flexibility index (Phi) is 2.52. The molecular weight excluding hydrogens is 216 g/mol. The van der Waals surface area contributed by atoms with Crippen LogP contribution < -0.4 is 4.90 Å². The van der Waals surface area contributed by atoms with Crippen molar-refractivity contribution in [1.82, 2.24) is 4.98 Å². The van der Waals surface area contributed by atoms with Gasteiger partial charge in [0, 0.05) is 18.1 Å². The first-order valence-corrected chi connectivity index (χ1v) is 5.95. The third-order valence-corrected chi connectivity index (χ3v) is 3.18. The van der Waals surface area contributed by atoms with Gasteiger partial charge in [0.05, 0.1) is 19.3 Å². The molecule has 4 heteroatoms. The van der Waals surface area contributed by atoms with Gasteiger partial charge in [-0.1, -0.05) is 0 Å². The molecule has 0 radical (unpaired) electrons. The maximum atomic E-state index is 5.76. The molecule has 0 N–H and O–H groups in total. The molecule has 0 saturated carbocycles. The molecule has 1 fully saturated rings. The second-order valence-corrected chi connectivity index (χ2v) is 4.53. The van der Waals surface area contributed by atoms with Crippen molar-refractivity contribution in [3.63, 3.8) is 0 Å². The first-order valence-electron chi connectivity index (χ1n) is 5.95. The van der Waals surface area contributed by atoms with Gasteiger partial charge in [-0.3, -0.25) is 0 Å². The average molecular weight is 232 g/mol. The number of pyridine rings is 1. The lowest BCUT2D eigenvalue weighted by Crippen LogP contribution is -2.44. The van der Waals surface area contributed by atoms with Gasteiger partial charge < -0.3 is 14.1 Å². The fourth-order valence-corrected chi connectivity index (χ4v) is 2.33. The number of hydrogen-bond donors (Lipinski definition) is 0. The molecule has 1 aliphatic rings. The van der Waals surface area contributed by atoms with Crippen LogP contribution in [0.25, 0.3) is 11.0 Å². The molecule has 3 rings (SSSR count). The SMILES string of the molecule is Cc1cc2ccnc(N3CCOC[C@@H]3C)c2o1. The van der Waals surface area contributed by atoms with E-state index in [1.54, 1.807) is 0 Å². The van der Waals surface area contributed by atoms with Gasteiger partial charge in [-0.05, 0) is 26.0 Å². The standard InChI is InChI=1S/C13H16N2O2/c1-9-8-16-6-5-15(9)13-12-11(3-4-14-13)7-10(2)17-12/h3-4,7,9H,5-6,8H2,1-2H3/t9-/m0/s1. The topological polar surface area (TPSA) is 38.5 Å².